The van der Waals surface area contributed by atoms with Crippen molar-refractivity contribution in [3.05, 3.63) is 0 Å². The zero-order chi connectivity index (χ0) is 10.7. The molecule has 3 heteroatoms. The van der Waals surface area contributed by atoms with Crippen LogP contribution in [0.3, 0.4) is 0 Å². The standard InChI is InChI=1S/C12H24N2O/c1-2-10-3-6-14(7-4-10)12-9-15-8-5-11(12)13/h10-12H,2-9,13H2,1H3. The van der Waals surface area contributed by atoms with E-state index in [0.29, 0.717) is 12.1 Å². The van der Waals surface area contributed by atoms with Gasteiger partial charge in [-0.2, -0.15) is 0 Å². The average Bonchev–Trinajstić information content (AvgIpc) is 2.30. The van der Waals surface area contributed by atoms with E-state index < -0.39 is 0 Å². The average molecular weight is 212 g/mol. The minimum absolute atomic E-state index is 0.330. The molecule has 2 aliphatic heterocycles. The largest absolute Gasteiger partial charge is 0.380 e. The van der Waals surface area contributed by atoms with Crippen molar-refractivity contribution in [3.63, 3.8) is 0 Å². The molecule has 2 atom stereocenters. The summed E-state index contributed by atoms with van der Waals surface area (Å²) >= 11 is 0. The minimum Gasteiger partial charge on any atom is -0.380 e. The van der Waals surface area contributed by atoms with E-state index >= 15 is 0 Å². The molecule has 0 aliphatic carbocycles. The first-order valence-electron chi connectivity index (χ1n) is 6.38. The summed E-state index contributed by atoms with van der Waals surface area (Å²) in [5.41, 5.74) is 6.16. The molecule has 0 aromatic heterocycles. The summed E-state index contributed by atoms with van der Waals surface area (Å²) < 4.78 is 5.54. The van der Waals surface area contributed by atoms with Crippen LogP contribution in [0.25, 0.3) is 0 Å². The number of hydrogen-bond donors (Lipinski definition) is 1. The van der Waals surface area contributed by atoms with Crippen LogP contribution in [-0.4, -0.2) is 43.3 Å². The highest BCUT2D eigenvalue weighted by Crippen LogP contribution is 2.23. The summed E-state index contributed by atoms with van der Waals surface area (Å²) in [7, 11) is 0. The van der Waals surface area contributed by atoms with Crippen LogP contribution < -0.4 is 5.73 Å². The summed E-state index contributed by atoms with van der Waals surface area (Å²) in [6, 6.07) is 0.813. The van der Waals surface area contributed by atoms with Crippen LogP contribution in [0.5, 0.6) is 0 Å². The highest BCUT2D eigenvalue weighted by atomic mass is 16.5. The van der Waals surface area contributed by atoms with Gasteiger partial charge >= 0.3 is 0 Å². The van der Waals surface area contributed by atoms with Crippen molar-refractivity contribution in [2.45, 2.75) is 44.7 Å². The Morgan fingerprint density at radius 2 is 2.00 bits per heavy atom. The van der Waals surface area contributed by atoms with Gasteiger partial charge in [0.25, 0.3) is 0 Å². The molecule has 0 radical (unpaired) electrons. The summed E-state index contributed by atoms with van der Waals surface area (Å²) in [6.45, 7) is 6.44. The molecule has 88 valence electrons. The van der Waals surface area contributed by atoms with E-state index in [4.69, 9.17) is 10.5 Å². The van der Waals surface area contributed by atoms with E-state index in [0.717, 1.165) is 25.6 Å². The van der Waals surface area contributed by atoms with Gasteiger partial charge in [0.15, 0.2) is 0 Å². The van der Waals surface area contributed by atoms with Crippen molar-refractivity contribution in [1.29, 1.82) is 0 Å². The number of hydrogen-bond acceptors (Lipinski definition) is 3. The maximum atomic E-state index is 6.16. The molecule has 0 bridgehead atoms. The second kappa shape index (κ2) is 5.28. The van der Waals surface area contributed by atoms with Crippen LogP contribution in [0.15, 0.2) is 0 Å². The molecule has 2 saturated heterocycles. The van der Waals surface area contributed by atoms with Crippen LogP contribution in [0.1, 0.15) is 32.6 Å². The fourth-order valence-corrected chi connectivity index (χ4v) is 2.81. The fraction of sp³-hybridized carbons (Fsp3) is 1.00. The third-order valence-electron chi connectivity index (χ3n) is 4.07. The second-order valence-corrected chi connectivity index (χ2v) is 4.98. The first-order valence-corrected chi connectivity index (χ1v) is 6.38. The van der Waals surface area contributed by atoms with E-state index in [-0.39, 0.29) is 0 Å². The molecule has 0 aromatic carbocycles. The Kier molecular flexibility index (Phi) is 4.00. The van der Waals surface area contributed by atoms with Gasteiger partial charge in [0.2, 0.25) is 0 Å². The number of likely N-dealkylation sites (tertiary alicyclic amines) is 1. The van der Waals surface area contributed by atoms with Gasteiger partial charge in [-0.3, -0.25) is 4.90 Å². The summed E-state index contributed by atoms with van der Waals surface area (Å²) in [6.07, 6.45) is 5.05. The summed E-state index contributed by atoms with van der Waals surface area (Å²) in [5, 5.41) is 0. The number of piperidine rings is 1. The Labute approximate surface area is 93.0 Å². The van der Waals surface area contributed by atoms with Gasteiger partial charge < -0.3 is 10.5 Å². The smallest absolute Gasteiger partial charge is 0.0636 e. The molecule has 0 amide bonds. The van der Waals surface area contributed by atoms with Crippen LogP contribution in [0.4, 0.5) is 0 Å². The second-order valence-electron chi connectivity index (χ2n) is 4.98. The molecular formula is C12H24N2O. The quantitative estimate of drug-likeness (QED) is 0.748. The van der Waals surface area contributed by atoms with Gasteiger partial charge in [-0.25, -0.2) is 0 Å². The Hall–Kier alpha value is -0.120. The first kappa shape index (κ1) is 11.4. The van der Waals surface area contributed by atoms with Gasteiger partial charge in [0, 0.05) is 18.7 Å². The topological polar surface area (TPSA) is 38.5 Å². The number of ether oxygens (including phenoxy) is 1. The van der Waals surface area contributed by atoms with Crippen LogP contribution >= 0.6 is 0 Å². The van der Waals surface area contributed by atoms with E-state index in [1.807, 2.05) is 0 Å². The minimum atomic E-state index is 0.330. The predicted molar refractivity (Wildman–Crippen MR) is 61.8 cm³/mol. The van der Waals surface area contributed by atoms with Crippen LogP contribution in [0, 0.1) is 5.92 Å². The molecule has 2 N–H and O–H groups in total. The zero-order valence-electron chi connectivity index (χ0n) is 9.82. The van der Waals surface area contributed by atoms with Crippen molar-refractivity contribution >= 4 is 0 Å². The third-order valence-corrected chi connectivity index (χ3v) is 4.07. The van der Waals surface area contributed by atoms with E-state index in [2.05, 4.69) is 11.8 Å². The fourth-order valence-electron chi connectivity index (χ4n) is 2.81. The van der Waals surface area contributed by atoms with Crippen molar-refractivity contribution < 1.29 is 4.74 Å². The lowest BCUT2D eigenvalue weighted by Crippen LogP contribution is -2.55. The lowest BCUT2D eigenvalue weighted by Gasteiger charge is -2.41. The Bertz CT molecular complexity index is 190. The molecule has 15 heavy (non-hydrogen) atoms. The third kappa shape index (κ3) is 2.71. The van der Waals surface area contributed by atoms with Gasteiger partial charge in [-0.05, 0) is 38.3 Å². The molecule has 0 saturated carbocycles. The molecule has 2 heterocycles. The van der Waals surface area contributed by atoms with E-state index in [1.54, 1.807) is 0 Å². The maximum Gasteiger partial charge on any atom is 0.0636 e. The molecular weight excluding hydrogens is 188 g/mol. The summed E-state index contributed by atoms with van der Waals surface area (Å²) in [4.78, 5) is 2.55. The highest BCUT2D eigenvalue weighted by Gasteiger charge is 2.30. The van der Waals surface area contributed by atoms with Gasteiger partial charge in [-0.15, -0.1) is 0 Å². The molecule has 0 aromatic rings. The van der Waals surface area contributed by atoms with Crippen LogP contribution in [0.2, 0.25) is 0 Å². The zero-order valence-corrected chi connectivity index (χ0v) is 9.82. The number of nitrogens with two attached hydrogens (primary N) is 1. The molecule has 2 aliphatic rings. The van der Waals surface area contributed by atoms with Crippen molar-refractivity contribution in [3.8, 4) is 0 Å². The van der Waals surface area contributed by atoms with Crippen molar-refractivity contribution in [1.82, 2.24) is 4.90 Å². The highest BCUT2D eigenvalue weighted by molar-refractivity contribution is 4.87. The molecule has 2 rings (SSSR count). The lowest BCUT2D eigenvalue weighted by atomic mass is 9.92. The maximum absolute atomic E-state index is 6.16. The lowest BCUT2D eigenvalue weighted by molar-refractivity contribution is -0.00654. The van der Waals surface area contributed by atoms with Crippen LogP contribution in [-0.2, 0) is 4.74 Å². The molecule has 2 fully saturated rings. The van der Waals surface area contributed by atoms with Crippen molar-refractivity contribution in [2.75, 3.05) is 26.3 Å². The van der Waals surface area contributed by atoms with Gasteiger partial charge in [-0.1, -0.05) is 13.3 Å². The summed E-state index contributed by atoms with van der Waals surface area (Å²) in [5.74, 6) is 0.946. The Morgan fingerprint density at radius 1 is 1.27 bits per heavy atom. The Morgan fingerprint density at radius 3 is 2.60 bits per heavy atom. The SMILES string of the molecule is CCC1CCN(C2COCCC2N)CC1. The van der Waals surface area contributed by atoms with Gasteiger partial charge in [0.05, 0.1) is 6.61 Å². The molecule has 3 nitrogen and oxygen atoms in total. The number of nitrogens with zero attached hydrogens (tertiary/aromatic N) is 1. The predicted octanol–water partition coefficient (Wildman–Crippen LogP) is 1.22. The van der Waals surface area contributed by atoms with E-state index in [9.17, 15) is 0 Å². The first-order chi connectivity index (χ1) is 7.31. The van der Waals surface area contributed by atoms with E-state index in [1.165, 1.54) is 32.4 Å². The number of rotatable bonds is 2. The van der Waals surface area contributed by atoms with Crippen molar-refractivity contribution in [2.24, 2.45) is 11.7 Å². The monoisotopic (exact) mass is 212 g/mol. The Balaban J connectivity index is 1.83. The normalized spacial score (nSPS) is 35.6. The molecule has 0 spiro atoms. The molecule has 2 unspecified atom stereocenters. The van der Waals surface area contributed by atoms with Gasteiger partial charge in [0.1, 0.15) is 0 Å².